The summed E-state index contributed by atoms with van der Waals surface area (Å²) in [6.07, 6.45) is 5.67. The average molecular weight is 534 g/mol. The van der Waals surface area contributed by atoms with Crippen molar-refractivity contribution in [1.29, 1.82) is 0 Å². The fraction of sp³-hybridized carbons (Fsp3) is 0.259. The summed E-state index contributed by atoms with van der Waals surface area (Å²) in [5.74, 6) is 0.716. The Balaban J connectivity index is 1.56. The van der Waals surface area contributed by atoms with Gasteiger partial charge in [-0.25, -0.2) is 13.4 Å². The summed E-state index contributed by atoms with van der Waals surface area (Å²) in [5.41, 5.74) is 3.59. The van der Waals surface area contributed by atoms with Gasteiger partial charge in [-0.3, -0.25) is 14.6 Å². The topological polar surface area (TPSA) is 134 Å². The number of rotatable bonds is 6. The summed E-state index contributed by atoms with van der Waals surface area (Å²) >= 11 is 0. The van der Waals surface area contributed by atoms with E-state index >= 15 is 0 Å². The minimum Gasteiger partial charge on any atom is -0.455 e. The Morgan fingerprint density at radius 1 is 1.11 bits per heavy atom. The lowest BCUT2D eigenvalue weighted by molar-refractivity contribution is -0.129. The van der Waals surface area contributed by atoms with Crippen LogP contribution in [0.25, 0.3) is 22.3 Å². The first kappa shape index (κ1) is 25.4. The first-order valence-electron chi connectivity index (χ1n) is 12.1. The molecule has 0 bridgehead atoms. The number of sulfone groups is 1. The normalized spacial score (nSPS) is 15.6. The number of benzene rings is 1. The Kier molecular flexibility index (Phi) is 6.62. The van der Waals surface area contributed by atoms with Gasteiger partial charge in [-0.2, -0.15) is 0 Å². The molecule has 1 aliphatic rings. The number of ether oxygens (including phenoxy) is 1. The van der Waals surface area contributed by atoms with Crippen molar-refractivity contribution >= 4 is 32.6 Å². The third kappa shape index (κ3) is 4.97. The second kappa shape index (κ2) is 9.90. The van der Waals surface area contributed by atoms with E-state index in [1.807, 2.05) is 23.1 Å². The van der Waals surface area contributed by atoms with Crippen LogP contribution in [0.4, 0.5) is 0 Å². The Bertz CT molecular complexity index is 1630. The number of aromatic nitrogens is 3. The number of hydrogen-bond donors (Lipinski definition) is 2. The summed E-state index contributed by atoms with van der Waals surface area (Å²) in [5, 5.41) is 3.41. The number of nitrogens with zero attached hydrogens (tertiary/aromatic N) is 3. The van der Waals surface area contributed by atoms with Crippen LogP contribution in [0.3, 0.4) is 0 Å². The molecule has 2 N–H and O–H groups in total. The van der Waals surface area contributed by atoms with Gasteiger partial charge in [0.2, 0.25) is 5.91 Å². The highest BCUT2D eigenvalue weighted by molar-refractivity contribution is 7.90. The van der Waals surface area contributed by atoms with E-state index in [1.54, 1.807) is 32.2 Å². The van der Waals surface area contributed by atoms with E-state index in [4.69, 9.17) is 4.74 Å². The van der Waals surface area contributed by atoms with E-state index in [0.29, 0.717) is 29.3 Å². The Labute approximate surface area is 220 Å². The summed E-state index contributed by atoms with van der Waals surface area (Å²) < 4.78 is 29.8. The molecule has 11 heteroatoms. The zero-order valence-electron chi connectivity index (χ0n) is 21.2. The highest BCUT2D eigenvalue weighted by Gasteiger charge is 2.31. The third-order valence-corrected chi connectivity index (χ3v) is 7.61. The second-order valence-corrected chi connectivity index (χ2v) is 11.2. The monoisotopic (exact) mass is 533 g/mol. The molecule has 1 unspecified atom stereocenters. The summed E-state index contributed by atoms with van der Waals surface area (Å²) in [6.45, 7) is 2.23. The number of hydrogen-bond acceptors (Lipinski definition) is 7. The quantitative estimate of drug-likeness (QED) is 0.384. The van der Waals surface area contributed by atoms with Crippen molar-refractivity contribution in [2.24, 2.45) is 0 Å². The van der Waals surface area contributed by atoms with Crippen LogP contribution in [-0.4, -0.2) is 59.9 Å². The van der Waals surface area contributed by atoms with Crippen LogP contribution in [0.2, 0.25) is 0 Å². The molecule has 1 atom stereocenters. The molecule has 196 valence electrons. The number of fused-ring (bicyclic) bond motifs is 1. The molecule has 2 amide bonds. The maximum Gasteiger partial charge on any atom is 0.252 e. The third-order valence-electron chi connectivity index (χ3n) is 6.61. The molecule has 0 radical (unpaired) electrons. The van der Waals surface area contributed by atoms with Gasteiger partial charge in [-0.05, 0) is 55.3 Å². The minimum absolute atomic E-state index is 0.00898. The molecule has 4 aromatic rings. The molecule has 1 aliphatic heterocycles. The molecule has 38 heavy (non-hydrogen) atoms. The van der Waals surface area contributed by atoms with E-state index in [2.05, 4.69) is 20.3 Å². The number of pyridine rings is 2. The lowest BCUT2D eigenvalue weighted by Gasteiger charge is -2.25. The number of carbonyl (C=O) groups excluding carboxylic acids is 2. The van der Waals surface area contributed by atoms with Crippen molar-refractivity contribution in [2.75, 3.05) is 19.8 Å². The number of likely N-dealkylation sites (tertiary alicyclic amines) is 1. The zero-order valence-corrected chi connectivity index (χ0v) is 22.0. The first-order chi connectivity index (χ1) is 18.1. The number of H-pyrrole nitrogens is 1. The molecule has 5 rings (SSSR count). The van der Waals surface area contributed by atoms with Crippen LogP contribution in [0, 0.1) is 0 Å². The van der Waals surface area contributed by atoms with Gasteiger partial charge >= 0.3 is 0 Å². The Morgan fingerprint density at radius 3 is 2.55 bits per heavy atom. The smallest absolute Gasteiger partial charge is 0.252 e. The van der Waals surface area contributed by atoms with Gasteiger partial charge in [0.1, 0.15) is 11.5 Å². The summed E-state index contributed by atoms with van der Waals surface area (Å²) in [6, 6.07) is 12.1. The van der Waals surface area contributed by atoms with E-state index < -0.39 is 9.84 Å². The maximum absolute atomic E-state index is 12.4. The van der Waals surface area contributed by atoms with Crippen molar-refractivity contribution in [3.8, 4) is 22.9 Å². The molecule has 0 aliphatic carbocycles. The van der Waals surface area contributed by atoms with Crippen molar-refractivity contribution in [3.05, 3.63) is 66.0 Å². The highest BCUT2D eigenvalue weighted by atomic mass is 32.2. The lowest BCUT2D eigenvalue weighted by atomic mass is 10.0. The van der Waals surface area contributed by atoms with Crippen LogP contribution < -0.4 is 10.1 Å². The van der Waals surface area contributed by atoms with E-state index in [0.717, 1.165) is 41.3 Å². The van der Waals surface area contributed by atoms with Crippen LogP contribution in [-0.2, 0) is 14.6 Å². The fourth-order valence-electron chi connectivity index (χ4n) is 4.74. The number of nitrogens with one attached hydrogen (secondary N) is 2. The van der Waals surface area contributed by atoms with Crippen molar-refractivity contribution in [2.45, 2.75) is 30.8 Å². The summed E-state index contributed by atoms with van der Waals surface area (Å²) in [4.78, 5) is 37.9. The van der Waals surface area contributed by atoms with Crippen LogP contribution in [0.5, 0.6) is 11.5 Å². The highest BCUT2D eigenvalue weighted by Crippen LogP contribution is 2.41. The Morgan fingerprint density at radius 2 is 1.92 bits per heavy atom. The van der Waals surface area contributed by atoms with Crippen LogP contribution in [0.15, 0.2) is 59.9 Å². The SMILES string of the molecule is CNC(=O)c1ccc(-c2cc3cc(Oc4ccc(S(C)(=O)=O)nc4)c(C4CCCN4C(C)=O)cc3[nH]2)nc1. The van der Waals surface area contributed by atoms with Gasteiger partial charge in [-0.1, -0.05) is 0 Å². The van der Waals surface area contributed by atoms with Crippen LogP contribution in [0.1, 0.15) is 41.7 Å². The summed E-state index contributed by atoms with van der Waals surface area (Å²) in [7, 11) is -1.87. The standard InChI is InChI=1S/C27H27N5O5S/c1-16(33)32-10-4-5-24(32)20-13-22-18(11-23(31-22)21-8-6-17(14-29-21)27(34)28-2)12-25(20)37-19-7-9-26(30-15-19)38(3,35)36/h6-9,11-15,24,31H,4-5,10H2,1-3H3,(H,28,34). The molecular weight excluding hydrogens is 506 g/mol. The van der Waals surface area contributed by atoms with Crippen molar-refractivity contribution < 1.29 is 22.7 Å². The average Bonchev–Trinajstić information content (AvgIpc) is 3.55. The molecule has 0 saturated carbocycles. The molecule has 1 saturated heterocycles. The zero-order chi connectivity index (χ0) is 27.0. The fourth-order valence-corrected chi connectivity index (χ4v) is 5.30. The molecular formula is C27H27N5O5S. The van der Waals surface area contributed by atoms with Gasteiger partial charge in [-0.15, -0.1) is 0 Å². The molecule has 1 aromatic carbocycles. The lowest BCUT2D eigenvalue weighted by Crippen LogP contribution is -2.28. The predicted octanol–water partition coefficient (Wildman–Crippen LogP) is 3.86. The number of aromatic amines is 1. The largest absolute Gasteiger partial charge is 0.455 e. The number of carbonyl (C=O) groups is 2. The van der Waals surface area contributed by atoms with Crippen LogP contribution >= 0.6 is 0 Å². The molecule has 4 heterocycles. The molecule has 3 aromatic heterocycles. The van der Waals surface area contributed by atoms with Gasteiger partial charge in [0.05, 0.1) is 29.2 Å². The minimum atomic E-state index is -3.44. The van der Waals surface area contributed by atoms with Gasteiger partial charge in [0.25, 0.3) is 5.91 Å². The van der Waals surface area contributed by atoms with E-state index in [-0.39, 0.29) is 22.9 Å². The molecule has 0 spiro atoms. The predicted molar refractivity (Wildman–Crippen MR) is 142 cm³/mol. The number of amides is 2. The second-order valence-electron chi connectivity index (χ2n) is 9.25. The molecule has 1 fully saturated rings. The van der Waals surface area contributed by atoms with Crippen molar-refractivity contribution in [3.63, 3.8) is 0 Å². The first-order valence-corrected chi connectivity index (χ1v) is 14.0. The molecule has 10 nitrogen and oxygen atoms in total. The van der Waals surface area contributed by atoms with E-state index in [9.17, 15) is 18.0 Å². The van der Waals surface area contributed by atoms with Gasteiger partial charge < -0.3 is 19.9 Å². The van der Waals surface area contributed by atoms with E-state index in [1.165, 1.54) is 18.5 Å². The Hall–Kier alpha value is -4.25. The van der Waals surface area contributed by atoms with Gasteiger partial charge in [0.15, 0.2) is 14.9 Å². The maximum atomic E-state index is 12.4. The van der Waals surface area contributed by atoms with Gasteiger partial charge in [0, 0.05) is 49.4 Å². The van der Waals surface area contributed by atoms with Crippen molar-refractivity contribution in [1.82, 2.24) is 25.2 Å².